The number of aliphatic hydroxyl groups is 1. The molecule has 0 unspecified atom stereocenters. The molecule has 0 amide bonds. The van der Waals surface area contributed by atoms with Crippen LogP contribution in [-0.2, 0) is 4.79 Å². The number of aliphatic hydroxyl groups excluding tert-OH is 1. The van der Waals surface area contributed by atoms with E-state index in [9.17, 15) is 9.90 Å². The van der Waals surface area contributed by atoms with Gasteiger partial charge in [-0.25, -0.2) is 0 Å². The van der Waals surface area contributed by atoms with E-state index in [1.54, 1.807) is 11.8 Å². The summed E-state index contributed by atoms with van der Waals surface area (Å²) in [6.45, 7) is 1.87. The van der Waals surface area contributed by atoms with E-state index in [1.807, 2.05) is 67.2 Å². The van der Waals surface area contributed by atoms with Crippen molar-refractivity contribution in [1.29, 1.82) is 0 Å². The Morgan fingerprint density at radius 2 is 1.54 bits per heavy atom. The minimum absolute atomic E-state index is 0.0370. The second-order valence-corrected chi connectivity index (χ2v) is 10.4. The van der Waals surface area contributed by atoms with Crippen molar-refractivity contribution in [2.75, 3.05) is 11.5 Å². The molecule has 138 valence electrons. The fourth-order valence-corrected chi connectivity index (χ4v) is 7.00. The normalized spacial score (nSPS) is 18.8. The number of benzene rings is 2. The summed E-state index contributed by atoms with van der Waals surface area (Å²) in [5.74, 6) is 1.66. The summed E-state index contributed by atoms with van der Waals surface area (Å²) in [6.07, 6.45) is 1.19. The van der Waals surface area contributed by atoms with Crippen LogP contribution in [0.1, 0.15) is 19.8 Å². The third kappa shape index (κ3) is 4.89. The fourth-order valence-electron chi connectivity index (χ4n) is 3.18. The van der Waals surface area contributed by atoms with Crippen LogP contribution in [0.25, 0.3) is 0 Å². The molecule has 1 N–H and O–H groups in total. The van der Waals surface area contributed by atoms with Crippen molar-refractivity contribution in [1.82, 2.24) is 0 Å². The summed E-state index contributed by atoms with van der Waals surface area (Å²) in [7, 11) is 0. The summed E-state index contributed by atoms with van der Waals surface area (Å²) < 4.78 is -0.293. The summed E-state index contributed by atoms with van der Waals surface area (Å²) in [5.41, 5.74) is 0. The maximum absolute atomic E-state index is 12.8. The predicted molar refractivity (Wildman–Crippen MR) is 114 cm³/mol. The number of hydrogen-bond acceptors (Lipinski definition) is 5. The van der Waals surface area contributed by atoms with Gasteiger partial charge in [0.15, 0.2) is 5.12 Å². The van der Waals surface area contributed by atoms with E-state index in [0.717, 1.165) is 34.1 Å². The Morgan fingerprint density at radius 1 is 1.00 bits per heavy atom. The van der Waals surface area contributed by atoms with Gasteiger partial charge in [-0.1, -0.05) is 55.1 Å². The smallest absolute Gasteiger partial charge is 0.199 e. The zero-order valence-corrected chi connectivity index (χ0v) is 17.3. The minimum atomic E-state index is -0.655. The van der Waals surface area contributed by atoms with Crippen LogP contribution in [0, 0.1) is 5.92 Å². The van der Waals surface area contributed by atoms with Gasteiger partial charge in [-0.3, -0.25) is 4.79 Å². The molecule has 5 heteroatoms. The van der Waals surface area contributed by atoms with Crippen LogP contribution < -0.4 is 0 Å². The molecule has 0 saturated carbocycles. The summed E-state index contributed by atoms with van der Waals surface area (Å²) in [4.78, 5) is 14.9. The number of thioether (sulfide) groups is 3. The van der Waals surface area contributed by atoms with Gasteiger partial charge >= 0.3 is 0 Å². The van der Waals surface area contributed by atoms with Gasteiger partial charge in [0.1, 0.15) is 0 Å². The predicted octanol–water partition coefficient (Wildman–Crippen LogP) is 5.36. The monoisotopic (exact) mass is 404 g/mol. The third-order valence-electron chi connectivity index (χ3n) is 4.75. The van der Waals surface area contributed by atoms with E-state index in [2.05, 4.69) is 12.1 Å². The maximum Gasteiger partial charge on any atom is 0.199 e. The number of carbonyl (C=O) groups is 1. The molecule has 1 saturated heterocycles. The second kappa shape index (κ2) is 9.36. The first kappa shape index (κ1) is 19.9. The molecule has 3 rings (SSSR count). The quantitative estimate of drug-likeness (QED) is 0.656. The number of carbonyl (C=O) groups excluding carboxylic acids is 1. The fraction of sp³-hybridized carbons (Fsp3) is 0.381. The summed E-state index contributed by atoms with van der Waals surface area (Å²) >= 11 is 4.92. The molecule has 1 aliphatic rings. The van der Waals surface area contributed by atoms with Crippen LogP contribution >= 0.6 is 35.3 Å². The molecule has 1 fully saturated rings. The Labute approximate surface area is 168 Å². The maximum atomic E-state index is 12.8. The number of rotatable bonds is 6. The molecule has 0 radical (unpaired) electrons. The molecule has 0 bridgehead atoms. The Morgan fingerprint density at radius 3 is 2.12 bits per heavy atom. The Hall–Kier alpha value is -0.880. The van der Waals surface area contributed by atoms with Crippen molar-refractivity contribution >= 4 is 40.4 Å². The van der Waals surface area contributed by atoms with Crippen LogP contribution in [0.3, 0.4) is 0 Å². The van der Waals surface area contributed by atoms with Crippen molar-refractivity contribution in [2.24, 2.45) is 5.92 Å². The Bertz CT molecular complexity index is 700. The lowest BCUT2D eigenvalue weighted by molar-refractivity contribution is -0.117. The molecule has 0 spiro atoms. The molecular weight excluding hydrogens is 380 g/mol. The molecule has 2 aromatic rings. The van der Waals surface area contributed by atoms with Crippen LogP contribution in [0.15, 0.2) is 70.5 Å². The van der Waals surface area contributed by atoms with Gasteiger partial charge in [-0.05, 0) is 48.6 Å². The molecular formula is C21H24O2S3. The molecule has 0 aromatic heterocycles. The lowest BCUT2D eigenvalue weighted by Gasteiger charge is -2.42. The van der Waals surface area contributed by atoms with Gasteiger partial charge in [-0.15, -0.1) is 11.8 Å². The highest BCUT2D eigenvalue weighted by molar-refractivity contribution is 8.13. The van der Waals surface area contributed by atoms with E-state index >= 15 is 0 Å². The van der Waals surface area contributed by atoms with Gasteiger partial charge in [0.25, 0.3) is 0 Å². The van der Waals surface area contributed by atoms with Gasteiger partial charge < -0.3 is 5.11 Å². The van der Waals surface area contributed by atoms with Crippen molar-refractivity contribution < 1.29 is 9.90 Å². The first-order chi connectivity index (χ1) is 12.6. The van der Waals surface area contributed by atoms with Crippen LogP contribution in [-0.4, -0.2) is 32.6 Å². The Kier molecular flexibility index (Phi) is 7.15. The largest absolute Gasteiger partial charge is 0.391 e. The Balaban J connectivity index is 1.76. The van der Waals surface area contributed by atoms with Crippen LogP contribution in [0.5, 0.6) is 0 Å². The molecule has 2 nitrogen and oxygen atoms in total. The van der Waals surface area contributed by atoms with Crippen LogP contribution in [0.4, 0.5) is 0 Å². The number of hydrogen-bond donors (Lipinski definition) is 1. The first-order valence-corrected chi connectivity index (χ1v) is 11.7. The first-order valence-electron chi connectivity index (χ1n) is 8.87. The zero-order chi connectivity index (χ0) is 18.4. The van der Waals surface area contributed by atoms with Crippen molar-refractivity contribution in [3.8, 4) is 0 Å². The average Bonchev–Trinajstić information content (AvgIpc) is 2.69. The third-order valence-corrected chi connectivity index (χ3v) is 8.38. The molecule has 1 aliphatic heterocycles. The molecule has 2 aromatic carbocycles. The van der Waals surface area contributed by atoms with Gasteiger partial charge in [0, 0.05) is 14.5 Å². The van der Waals surface area contributed by atoms with E-state index in [-0.39, 0.29) is 9.86 Å². The van der Waals surface area contributed by atoms with Crippen molar-refractivity contribution in [2.45, 2.75) is 40.4 Å². The zero-order valence-electron chi connectivity index (χ0n) is 14.8. The van der Waals surface area contributed by atoms with Gasteiger partial charge in [0.2, 0.25) is 0 Å². The SMILES string of the molecule is C[C@H](C(=O)Sc1ccccc1)[C@H](O)C1(Sc2ccccc2)CCSCC1. The lowest BCUT2D eigenvalue weighted by atomic mass is 9.87. The second-order valence-electron chi connectivity index (χ2n) is 6.56. The average molecular weight is 405 g/mol. The van der Waals surface area contributed by atoms with E-state index in [0.29, 0.717) is 0 Å². The standard InChI is InChI=1S/C21H24O2S3/c1-16(20(23)25-17-8-4-2-5-9-17)19(22)21(12-14-24-15-13-21)26-18-10-6-3-7-11-18/h2-11,16,19,22H,12-15H2,1H3/t16-,19-/m0/s1. The summed E-state index contributed by atoms with van der Waals surface area (Å²) in [6, 6.07) is 19.9. The highest BCUT2D eigenvalue weighted by atomic mass is 32.2. The van der Waals surface area contributed by atoms with Gasteiger partial charge in [0.05, 0.1) is 12.0 Å². The van der Waals surface area contributed by atoms with Crippen LogP contribution in [0.2, 0.25) is 0 Å². The lowest BCUT2D eigenvalue weighted by Crippen LogP contribution is -2.47. The molecule has 26 heavy (non-hydrogen) atoms. The minimum Gasteiger partial charge on any atom is -0.391 e. The van der Waals surface area contributed by atoms with E-state index in [4.69, 9.17) is 0 Å². The highest BCUT2D eigenvalue weighted by Crippen LogP contribution is 2.47. The topological polar surface area (TPSA) is 37.3 Å². The van der Waals surface area contributed by atoms with E-state index < -0.39 is 12.0 Å². The molecule has 0 aliphatic carbocycles. The highest BCUT2D eigenvalue weighted by Gasteiger charge is 2.44. The summed E-state index contributed by atoms with van der Waals surface area (Å²) in [5, 5.41) is 11.3. The van der Waals surface area contributed by atoms with Crippen molar-refractivity contribution in [3.05, 3.63) is 60.7 Å². The van der Waals surface area contributed by atoms with Gasteiger partial charge in [-0.2, -0.15) is 11.8 Å². The molecule has 1 heterocycles. The van der Waals surface area contributed by atoms with E-state index in [1.165, 1.54) is 11.8 Å². The van der Waals surface area contributed by atoms with Crippen molar-refractivity contribution in [3.63, 3.8) is 0 Å². The molecule has 2 atom stereocenters.